The lowest BCUT2D eigenvalue weighted by molar-refractivity contribution is -0.117. The van der Waals surface area contributed by atoms with Gasteiger partial charge in [-0.1, -0.05) is 24.9 Å². The highest BCUT2D eigenvalue weighted by Crippen LogP contribution is 2.15. The number of hydrogen-bond donors (Lipinski definition) is 2. The predicted octanol–water partition coefficient (Wildman–Crippen LogP) is 1.20. The lowest BCUT2D eigenvalue weighted by Crippen LogP contribution is -2.35. The fourth-order valence-corrected chi connectivity index (χ4v) is 1.38. The van der Waals surface area contributed by atoms with E-state index in [4.69, 9.17) is 22.1 Å². The van der Waals surface area contributed by atoms with Gasteiger partial charge in [0.2, 0.25) is 17.7 Å². The Labute approximate surface area is 105 Å². The first-order valence-electron chi connectivity index (χ1n) is 5.21. The minimum atomic E-state index is -0.575. The molecule has 0 fully saturated rings. The van der Waals surface area contributed by atoms with E-state index in [1.807, 2.05) is 6.92 Å². The smallest absolute Gasteiger partial charge is 0.243 e. The first kappa shape index (κ1) is 13.7. The van der Waals surface area contributed by atoms with Crippen LogP contribution in [-0.2, 0) is 4.79 Å². The predicted molar refractivity (Wildman–Crippen MR) is 65.1 cm³/mol. The largest absolute Gasteiger partial charge is 0.481 e. The molecule has 0 aromatic carbocycles. The molecule has 1 rings (SSSR count). The highest BCUT2D eigenvalue weighted by atomic mass is 35.5. The first-order chi connectivity index (χ1) is 8.06. The molecule has 0 radical (unpaired) electrons. The van der Waals surface area contributed by atoms with Crippen LogP contribution in [0.25, 0.3) is 0 Å². The molecule has 0 aliphatic heterocycles. The number of nitrogens with two attached hydrogens (primary N) is 1. The summed E-state index contributed by atoms with van der Waals surface area (Å²) in [5.74, 6) is 0.0337. The molecule has 0 saturated heterocycles. The van der Waals surface area contributed by atoms with Crippen LogP contribution in [0.4, 0.5) is 5.95 Å². The molecule has 1 aromatic heterocycles. The van der Waals surface area contributed by atoms with E-state index in [1.165, 1.54) is 13.2 Å². The number of nitrogens with zero attached hydrogens (tertiary/aromatic N) is 2. The lowest BCUT2D eigenvalue weighted by Gasteiger charge is -2.10. The number of aromatic nitrogens is 2. The minimum absolute atomic E-state index is 0.0888. The molecule has 0 aliphatic carbocycles. The van der Waals surface area contributed by atoms with E-state index in [-0.39, 0.29) is 22.9 Å². The van der Waals surface area contributed by atoms with Crippen LogP contribution < -0.4 is 15.8 Å². The molecule has 0 unspecified atom stereocenters. The number of nitrogens with one attached hydrogen (secondary N) is 1. The van der Waals surface area contributed by atoms with E-state index in [0.29, 0.717) is 6.42 Å². The molecule has 6 nitrogen and oxygen atoms in total. The Morgan fingerprint density at radius 3 is 2.94 bits per heavy atom. The van der Waals surface area contributed by atoms with Crippen LogP contribution in [0.5, 0.6) is 5.88 Å². The highest BCUT2D eigenvalue weighted by molar-refractivity contribution is 6.29. The zero-order valence-electron chi connectivity index (χ0n) is 9.74. The van der Waals surface area contributed by atoms with Crippen molar-refractivity contribution in [1.29, 1.82) is 0 Å². The average Bonchev–Trinajstić information content (AvgIpc) is 2.28. The summed E-state index contributed by atoms with van der Waals surface area (Å²) in [5.41, 5.74) is 5.65. The van der Waals surface area contributed by atoms with Crippen LogP contribution in [0.3, 0.4) is 0 Å². The average molecular weight is 259 g/mol. The van der Waals surface area contributed by atoms with E-state index in [0.717, 1.165) is 6.42 Å². The van der Waals surface area contributed by atoms with Crippen molar-refractivity contribution in [1.82, 2.24) is 9.97 Å². The van der Waals surface area contributed by atoms with E-state index in [1.54, 1.807) is 0 Å². The second-order valence-electron chi connectivity index (χ2n) is 3.44. The van der Waals surface area contributed by atoms with E-state index >= 15 is 0 Å². The molecule has 1 atom stereocenters. The Hall–Kier alpha value is -1.40. The summed E-state index contributed by atoms with van der Waals surface area (Å²) in [6, 6.07) is 0.872. The van der Waals surface area contributed by atoms with Gasteiger partial charge in [0.15, 0.2) is 0 Å². The second-order valence-corrected chi connectivity index (χ2v) is 3.83. The Kier molecular flexibility index (Phi) is 5.11. The Morgan fingerprint density at radius 2 is 2.35 bits per heavy atom. The molecular formula is C10H15ClN4O2. The van der Waals surface area contributed by atoms with Gasteiger partial charge in [-0.25, -0.2) is 4.98 Å². The standard InChI is InChI=1S/C10H15ClN4O2/c1-3-4-6(12)9(16)15-10-13-7(11)5-8(14-10)17-2/h5-6H,3-4,12H2,1-2H3,(H,13,14,15,16)/t6-/m0/s1. The highest BCUT2D eigenvalue weighted by Gasteiger charge is 2.14. The Bertz CT molecular complexity index is 400. The van der Waals surface area contributed by atoms with Gasteiger partial charge in [-0.3, -0.25) is 10.1 Å². The number of rotatable bonds is 5. The SMILES string of the molecule is CCC[C@H](N)C(=O)Nc1nc(Cl)cc(OC)n1. The molecule has 1 heterocycles. The van der Waals surface area contributed by atoms with Gasteiger partial charge in [0.1, 0.15) is 5.15 Å². The Balaban J connectivity index is 2.74. The summed E-state index contributed by atoms with van der Waals surface area (Å²) in [6.45, 7) is 1.95. The molecule has 3 N–H and O–H groups in total. The van der Waals surface area contributed by atoms with Crippen molar-refractivity contribution >= 4 is 23.5 Å². The lowest BCUT2D eigenvalue weighted by atomic mass is 10.2. The number of amides is 1. The number of anilines is 1. The molecular weight excluding hydrogens is 244 g/mol. The third-order valence-corrected chi connectivity index (χ3v) is 2.25. The van der Waals surface area contributed by atoms with Gasteiger partial charge in [-0.05, 0) is 6.42 Å². The topological polar surface area (TPSA) is 90.1 Å². The summed E-state index contributed by atoms with van der Waals surface area (Å²) in [5, 5.41) is 2.68. The van der Waals surface area contributed by atoms with Gasteiger partial charge in [-0.15, -0.1) is 0 Å². The Morgan fingerprint density at radius 1 is 1.65 bits per heavy atom. The van der Waals surface area contributed by atoms with Gasteiger partial charge in [-0.2, -0.15) is 4.98 Å². The molecule has 0 bridgehead atoms. The number of halogens is 1. The van der Waals surface area contributed by atoms with Crippen molar-refractivity contribution < 1.29 is 9.53 Å². The van der Waals surface area contributed by atoms with Gasteiger partial charge < -0.3 is 10.5 Å². The van der Waals surface area contributed by atoms with Crippen LogP contribution in [0, 0.1) is 0 Å². The van der Waals surface area contributed by atoms with Gasteiger partial charge in [0.05, 0.1) is 13.2 Å². The molecule has 94 valence electrons. The second kappa shape index (κ2) is 6.36. The normalized spacial score (nSPS) is 12.0. The molecule has 1 amide bonds. The van der Waals surface area contributed by atoms with E-state index < -0.39 is 6.04 Å². The van der Waals surface area contributed by atoms with Crippen LogP contribution >= 0.6 is 11.6 Å². The summed E-state index contributed by atoms with van der Waals surface area (Å²) in [6.07, 6.45) is 1.43. The van der Waals surface area contributed by atoms with Crippen LogP contribution in [0.2, 0.25) is 5.15 Å². The molecule has 0 spiro atoms. The van der Waals surface area contributed by atoms with Crippen LogP contribution in [-0.4, -0.2) is 29.0 Å². The van der Waals surface area contributed by atoms with Crippen molar-refractivity contribution in [2.45, 2.75) is 25.8 Å². The number of methoxy groups -OCH3 is 1. The fraction of sp³-hybridized carbons (Fsp3) is 0.500. The van der Waals surface area contributed by atoms with Crippen molar-refractivity contribution in [3.05, 3.63) is 11.2 Å². The molecule has 0 aliphatic rings. The van der Waals surface area contributed by atoms with Crippen molar-refractivity contribution in [3.63, 3.8) is 0 Å². The minimum Gasteiger partial charge on any atom is -0.481 e. The maximum atomic E-state index is 11.6. The molecule has 7 heteroatoms. The van der Waals surface area contributed by atoms with Crippen LogP contribution in [0.15, 0.2) is 6.07 Å². The van der Waals surface area contributed by atoms with Crippen LogP contribution in [0.1, 0.15) is 19.8 Å². The zero-order valence-corrected chi connectivity index (χ0v) is 10.5. The summed E-state index contributed by atoms with van der Waals surface area (Å²) in [4.78, 5) is 19.4. The number of carbonyl (C=O) groups is 1. The maximum absolute atomic E-state index is 11.6. The van der Waals surface area contributed by atoms with Gasteiger partial charge >= 0.3 is 0 Å². The quantitative estimate of drug-likeness (QED) is 0.775. The summed E-state index contributed by atoms with van der Waals surface area (Å²) in [7, 11) is 1.45. The first-order valence-corrected chi connectivity index (χ1v) is 5.59. The van der Waals surface area contributed by atoms with Crippen molar-refractivity contribution in [2.75, 3.05) is 12.4 Å². The summed E-state index contributed by atoms with van der Waals surface area (Å²) < 4.78 is 4.91. The number of ether oxygens (including phenoxy) is 1. The molecule has 1 aromatic rings. The zero-order chi connectivity index (χ0) is 12.8. The third-order valence-electron chi connectivity index (χ3n) is 2.05. The fourth-order valence-electron chi connectivity index (χ4n) is 1.20. The van der Waals surface area contributed by atoms with E-state index in [2.05, 4.69) is 15.3 Å². The maximum Gasteiger partial charge on any atom is 0.243 e. The number of hydrogen-bond acceptors (Lipinski definition) is 5. The monoisotopic (exact) mass is 258 g/mol. The van der Waals surface area contributed by atoms with E-state index in [9.17, 15) is 4.79 Å². The van der Waals surface area contributed by atoms with Gasteiger partial charge in [0, 0.05) is 6.07 Å². The van der Waals surface area contributed by atoms with Gasteiger partial charge in [0.25, 0.3) is 0 Å². The third kappa shape index (κ3) is 4.16. The van der Waals surface area contributed by atoms with Crippen molar-refractivity contribution in [3.8, 4) is 5.88 Å². The summed E-state index contributed by atoms with van der Waals surface area (Å²) >= 11 is 5.74. The van der Waals surface area contributed by atoms with Crippen molar-refractivity contribution in [2.24, 2.45) is 5.73 Å². The molecule has 0 saturated carbocycles. The molecule has 17 heavy (non-hydrogen) atoms. The number of carbonyl (C=O) groups excluding carboxylic acids is 1.